The average molecular weight is 752 g/mol. The van der Waals surface area contributed by atoms with Gasteiger partial charge in [-0.3, -0.25) is 4.98 Å². The number of pyridine rings is 1. The fourth-order valence-corrected chi connectivity index (χ4v) is 0.313. The molecule has 0 saturated carbocycles. The first-order chi connectivity index (χ1) is 7.46. The number of halogens is 6. The second kappa shape index (κ2) is 27.3. The second-order valence-electron chi connectivity index (χ2n) is 1.45. The molecule has 0 aliphatic rings. The van der Waals surface area contributed by atoms with Crippen LogP contribution in [0.1, 0.15) is 0 Å². The Hall–Kier alpha value is 2.92. The number of nitrogens with zero attached hydrogens (tertiary/aromatic N) is 1. The van der Waals surface area contributed by atoms with Crippen LogP contribution in [0.3, 0.4) is 0 Å². The molecule has 17 heavy (non-hydrogen) atoms. The molecule has 0 N–H and O–H groups in total. The maximum atomic E-state index is 7.50. The van der Waals surface area contributed by atoms with E-state index in [2.05, 4.69) is 11.6 Å². The molecule has 0 unspecified atom stereocenters. The Morgan fingerprint density at radius 2 is 1.00 bits per heavy atom. The summed E-state index contributed by atoms with van der Waals surface area (Å²) in [5, 5.41) is 0. The molecular formula is C6H5Cl6NOPtSn2. The molecule has 11 heteroatoms. The van der Waals surface area contributed by atoms with Crippen molar-refractivity contribution in [1.29, 1.82) is 0 Å². The van der Waals surface area contributed by atoms with E-state index in [1.54, 1.807) is 12.4 Å². The van der Waals surface area contributed by atoms with E-state index in [0.29, 0.717) is 0 Å². The Morgan fingerprint density at radius 1 is 0.765 bits per heavy atom. The number of aromatic nitrogens is 1. The molecule has 1 rings (SSSR count). The van der Waals surface area contributed by atoms with Gasteiger partial charge in [-0.2, -0.15) is 0 Å². The molecular weight excluding hydrogens is 747 g/mol. The van der Waals surface area contributed by atoms with Crippen LogP contribution in [-0.2, 0) is 25.7 Å². The molecule has 0 spiro atoms. The summed E-state index contributed by atoms with van der Waals surface area (Å²) in [6, 6.07) is 5.72. The van der Waals surface area contributed by atoms with Crippen molar-refractivity contribution in [2.45, 2.75) is 0 Å². The van der Waals surface area contributed by atoms with E-state index in [-0.39, 0.29) is 21.1 Å². The van der Waals surface area contributed by atoms with Crippen molar-refractivity contribution in [1.82, 2.24) is 4.98 Å². The zero-order chi connectivity index (χ0) is 13.4. The fourth-order valence-electron chi connectivity index (χ4n) is 0.313. The van der Waals surface area contributed by atoms with Crippen LogP contribution >= 0.6 is 53.5 Å². The van der Waals surface area contributed by atoms with Crippen LogP contribution in [-0.4, -0.2) is 37.7 Å². The molecule has 0 fully saturated rings. The summed E-state index contributed by atoms with van der Waals surface area (Å²) in [5.41, 5.74) is 0. The predicted octanol–water partition coefficient (Wildman–Crippen LogP) is 4.42. The van der Waals surface area contributed by atoms with Crippen LogP contribution in [0.4, 0.5) is 0 Å². The Labute approximate surface area is 151 Å². The second-order valence-corrected chi connectivity index (χ2v) is 26.9. The van der Waals surface area contributed by atoms with Crippen LogP contribution in [0.5, 0.6) is 0 Å². The van der Waals surface area contributed by atoms with E-state index in [1.807, 2.05) is 18.2 Å². The van der Waals surface area contributed by atoms with Crippen LogP contribution in [0.25, 0.3) is 0 Å². The third-order valence-corrected chi connectivity index (χ3v) is 0.566. The topological polar surface area (TPSA) is 32.8 Å². The van der Waals surface area contributed by atoms with Crippen molar-refractivity contribution >= 4 is 86.3 Å². The zero-order valence-electron chi connectivity index (χ0n) is 7.83. The van der Waals surface area contributed by atoms with E-state index in [1.165, 1.54) is 0 Å². The van der Waals surface area contributed by atoms with Gasteiger partial charge in [-0.1, -0.05) is 6.07 Å². The molecule has 0 bridgehead atoms. The molecule has 1 heterocycles. The molecule has 1 aromatic heterocycles. The van der Waals surface area contributed by atoms with E-state index >= 15 is 0 Å². The van der Waals surface area contributed by atoms with Gasteiger partial charge in [-0.05, 0) is 12.1 Å². The van der Waals surface area contributed by atoms with E-state index in [4.69, 9.17) is 58.2 Å². The molecule has 0 atom stereocenters. The molecule has 0 aliphatic heterocycles. The van der Waals surface area contributed by atoms with Gasteiger partial charge in [0.15, 0.2) is 0 Å². The van der Waals surface area contributed by atoms with Crippen molar-refractivity contribution < 1.29 is 25.7 Å². The summed E-state index contributed by atoms with van der Waals surface area (Å²) >= 11 is -4.25. The minimum absolute atomic E-state index is 0. The van der Waals surface area contributed by atoms with Crippen LogP contribution in [0, 0.1) is 6.65 Å². The quantitative estimate of drug-likeness (QED) is 0.220. The van der Waals surface area contributed by atoms with Gasteiger partial charge < -0.3 is 0 Å². The standard InChI is InChI=1S/C5H5N.CO.6ClH.Pt.2Sn/c1-2-4-6-5-3-1;1-2;;;;;;;;;/h1-5H;;6*1H;;;/q;;;;;;;;;2*+3/p-6. The molecule has 0 saturated heterocycles. The van der Waals surface area contributed by atoms with E-state index in [9.17, 15) is 0 Å². The number of hydrogen-bond donors (Lipinski definition) is 0. The van der Waals surface area contributed by atoms with Crippen molar-refractivity contribution in [3.05, 3.63) is 37.2 Å². The summed E-state index contributed by atoms with van der Waals surface area (Å²) in [4.78, 5) is 3.78. The van der Waals surface area contributed by atoms with Crippen LogP contribution in [0.2, 0.25) is 0 Å². The molecule has 100 valence electrons. The summed E-state index contributed by atoms with van der Waals surface area (Å²) < 4.78 is 7.50. The van der Waals surface area contributed by atoms with Crippen LogP contribution in [0.15, 0.2) is 30.6 Å². The fraction of sp³-hybridized carbons (Fsp3) is 0. The van der Waals surface area contributed by atoms with Crippen molar-refractivity contribution in [2.75, 3.05) is 0 Å². The molecule has 0 aliphatic carbocycles. The van der Waals surface area contributed by atoms with E-state index in [0.717, 1.165) is 0 Å². The Bertz CT molecular complexity index is 192. The van der Waals surface area contributed by atoms with Gasteiger partial charge in [-0.15, -0.1) is 0 Å². The molecule has 1 aromatic rings. The molecule has 2 radical (unpaired) electrons. The predicted molar refractivity (Wildman–Crippen MR) is 74.8 cm³/mol. The van der Waals surface area contributed by atoms with Crippen LogP contribution < -0.4 is 0 Å². The van der Waals surface area contributed by atoms with E-state index < -0.39 is 32.8 Å². The number of hydrogen-bond acceptors (Lipinski definition) is 1. The molecule has 2 nitrogen and oxygen atoms in total. The third kappa shape index (κ3) is 68.1. The normalized spacial score (nSPS) is 7.18. The summed E-state index contributed by atoms with van der Waals surface area (Å²) in [7, 11) is 30.0. The first-order valence-corrected chi connectivity index (χ1v) is 24.9. The first kappa shape index (κ1) is 28.1. The monoisotopic (exact) mass is 752 g/mol. The minimum atomic E-state index is -2.13. The van der Waals surface area contributed by atoms with Crippen molar-refractivity contribution in [3.63, 3.8) is 0 Å². The third-order valence-electron chi connectivity index (χ3n) is 0.566. The summed E-state index contributed by atoms with van der Waals surface area (Å²) in [6.45, 7) is 4.50. The Balaban J connectivity index is -0.0000000698. The Morgan fingerprint density at radius 3 is 1.06 bits per heavy atom. The molecule has 0 aromatic carbocycles. The number of rotatable bonds is 0. The zero-order valence-corrected chi connectivity index (χ0v) is 20.3. The average Bonchev–Trinajstić information content (AvgIpc) is 2.22. The van der Waals surface area contributed by atoms with Gasteiger partial charge in [-0.25, -0.2) is 0 Å². The van der Waals surface area contributed by atoms with Gasteiger partial charge in [0.1, 0.15) is 0 Å². The largest absolute Gasteiger partial charge is 0.265 e. The van der Waals surface area contributed by atoms with Gasteiger partial charge in [0, 0.05) is 33.5 Å². The van der Waals surface area contributed by atoms with Gasteiger partial charge in [0.25, 0.3) is 0 Å². The first-order valence-electron chi connectivity index (χ1n) is 3.19. The van der Waals surface area contributed by atoms with Gasteiger partial charge in [0.2, 0.25) is 0 Å². The maximum Gasteiger partial charge on any atom is 0.0267 e. The van der Waals surface area contributed by atoms with Gasteiger partial charge in [0.05, 0.1) is 0 Å². The van der Waals surface area contributed by atoms with Gasteiger partial charge >= 0.3 is 97.6 Å². The maximum absolute atomic E-state index is 7.50. The smallest absolute Gasteiger partial charge is 0.0267 e. The molecule has 0 amide bonds. The Kier molecular flexibility index (Phi) is 45.2. The van der Waals surface area contributed by atoms with Crippen molar-refractivity contribution in [3.8, 4) is 0 Å². The summed E-state index contributed by atoms with van der Waals surface area (Å²) in [5.74, 6) is 0. The summed E-state index contributed by atoms with van der Waals surface area (Å²) in [6.07, 6.45) is 3.50. The van der Waals surface area contributed by atoms with Crippen molar-refractivity contribution in [2.24, 2.45) is 0 Å². The SMILES string of the molecule is [C-]#[O+].[Cl][Sn]([Cl])[Cl].[Cl][Sn]([Cl])[Cl].[Pt].c1ccncc1. The minimum Gasteiger partial charge on any atom is -0.265 e.